The fourth-order valence-corrected chi connectivity index (χ4v) is 3.73. The van der Waals surface area contributed by atoms with Crippen LogP contribution in [0.2, 0.25) is 0 Å². The SMILES string of the molecule is Cc1cc(C(=O)O)cc(C(=O)N2CCOC3(CCCCC3)C2)c1. The van der Waals surface area contributed by atoms with Crippen LogP contribution in [0, 0.1) is 6.92 Å². The van der Waals surface area contributed by atoms with Crippen LogP contribution in [0.3, 0.4) is 0 Å². The second-order valence-electron chi connectivity index (χ2n) is 6.71. The number of carboxylic acids is 1. The smallest absolute Gasteiger partial charge is 0.335 e. The predicted molar refractivity (Wildman–Crippen MR) is 85.8 cm³/mol. The first-order valence-corrected chi connectivity index (χ1v) is 8.27. The molecule has 1 aliphatic heterocycles. The number of carbonyl (C=O) groups is 2. The van der Waals surface area contributed by atoms with Crippen molar-refractivity contribution in [2.24, 2.45) is 0 Å². The van der Waals surface area contributed by atoms with Crippen LogP contribution in [0.5, 0.6) is 0 Å². The molecule has 0 aromatic heterocycles. The van der Waals surface area contributed by atoms with E-state index in [0.717, 1.165) is 31.2 Å². The number of nitrogens with zero attached hydrogens (tertiary/aromatic N) is 1. The Morgan fingerprint density at radius 2 is 1.83 bits per heavy atom. The van der Waals surface area contributed by atoms with Crippen molar-refractivity contribution in [1.82, 2.24) is 4.90 Å². The van der Waals surface area contributed by atoms with Gasteiger partial charge >= 0.3 is 5.97 Å². The van der Waals surface area contributed by atoms with E-state index >= 15 is 0 Å². The van der Waals surface area contributed by atoms with Gasteiger partial charge in [0.1, 0.15) is 0 Å². The van der Waals surface area contributed by atoms with Crippen molar-refractivity contribution in [3.05, 3.63) is 34.9 Å². The number of hydrogen-bond donors (Lipinski definition) is 1. The lowest BCUT2D eigenvalue weighted by Crippen LogP contribution is -2.54. The van der Waals surface area contributed by atoms with Crippen molar-refractivity contribution < 1.29 is 19.4 Å². The maximum Gasteiger partial charge on any atom is 0.335 e. The van der Waals surface area contributed by atoms with Gasteiger partial charge in [-0.25, -0.2) is 4.79 Å². The summed E-state index contributed by atoms with van der Waals surface area (Å²) in [5.41, 5.74) is 1.21. The van der Waals surface area contributed by atoms with Crippen molar-refractivity contribution >= 4 is 11.9 Å². The first-order chi connectivity index (χ1) is 11.0. The molecule has 1 saturated heterocycles. The maximum atomic E-state index is 12.8. The van der Waals surface area contributed by atoms with E-state index in [9.17, 15) is 14.7 Å². The molecule has 3 rings (SSSR count). The third kappa shape index (κ3) is 3.39. The van der Waals surface area contributed by atoms with E-state index in [2.05, 4.69) is 0 Å². The second-order valence-corrected chi connectivity index (χ2v) is 6.71. The maximum absolute atomic E-state index is 12.8. The van der Waals surface area contributed by atoms with Crippen molar-refractivity contribution in [3.63, 3.8) is 0 Å². The summed E-state index contributed by atoms with van der Waals surface area (Å²) in [4.78, 5) is 25.9. The largest absolute Gasteiger partial charge is 0.478 e. The molecule has 0 unspecified atom stereocenters. The van der Waals surface area contributed by atoms with Crippen LogP contribution in [0.15, 0.2) is 18.2 Å². The summed E-state index contributed by atoms with van der Waals surface area (Å²) in [6.45, 7) is 3.55. The van der Waals surface area contributed by atoms with Gasteiger partial charge in [-0.15, -0.1) is 0 Å². The number of carboxylic acid groups (broad SMARTS) is 1. The molecule has 1 N–H and O–H groups in total. The molecular formula is C18H23NO4. The van der Waals surface area contributed by atoms with Gasteiger partial charge in [-0.1, -0.05) is 19.3 Å². The average Bonchev–Trinajstić information content (AvgIpc) is 2.54. The molecule has 2 fully saturated rings. The van der Waals surface area contributed by atoms with Gasteiger partial charge in [-0.05, 0) is 43.5 Å². The van der Waals surface area contributed by atoms with Crippen LogP contribution in [-0.4, -0.2) is 47.2 Å². The minimum atomic E-state index is -1.01. The molecule has 1 spiro atoms. The van der Waals surface area contributed by atoms with Crippen LogP contribution in [0.25, 0.3) is 0 Å². The Kier molecular flexibility index (Phi) is 4.39. The molecule has 1 aromatic rings. The third-order valence-corrected chi connectivity index (χ3v) is 4.87. The Morgan fingerprint density at radius 1 is 1.13 bits per heavy atom. The van der Waals surface area contributed by atoms with Crippen molar-refractivity contribution in [2.45, 2.75) is 44.6 Å². The Morgan fingerprint density at radius 3 is 2.52 bits per heavy atom. The normalized spacial score (nSPS) is 20.5. The highest BCUT2D eigenvalue weighted by atomic mass is 16.5. The number of rotatable bonds is 2. The van der Waals surface area contributed by atoms with Crippen LogP contribution >= 0.6 is 0 Å². The van der Waals surface area contributed by atoms with E-state index in [1.54, 1.807) is 12.1 Å². The monoisotopic (exact) mass is 317 g/mol. The molecule has 1 aromatic carbocycles. The van der Waals surface area contributed by atoms with E-state index < -0.39 is 5.97 Å². The standard InChI is InChI=1S/C18H23NO4/c1-13-9-14(11-15(10-13)17(21)22)16(20)19-7-8-23-18(12-19)5-3-2-4-6-18/h9-11H,2-8,12H2,1H3,(H,21,22). The van der Waals surface area contributed by atoms with Crippen molar-refractivity contribution in [3.8, 4) is 0 Å². The molecule has 1 heterocycles. The number of benzene rings is 1. The molecule has 124 valence electrons. The van der Waals surface area contributed by atoms with Gasteiger partial charge in [0, 0.05) is 12.1 Å². The molecule has 0 bridgehead atoms. The number of aromatic carboxylic acids is 1. The summed E-state index contributed by atoms with van der Waals surface area (Å²) in [5, 5.41) is 9.18. The first-order valence-electron chi connectivity index (χ1n) is 8.27. The zero-order valence-electron chi connectivity index (χ0n) is 13.5. The fraction of sp³-hybridized carbons (Fsp3) is 0.556. The Hall–Kier alpha value is -1.88. The number of carbonyl (C=O) groups excluding carboxylic acids is 1. The third-order valence-electron chi connectivity index (χ3n) is 4.87. The number of ether oxygens (including phenoxy) is 1. The number of hydrogen-bond acceptors (Lipinski definition) is 3. The lowest BCUT2D eigenvalue weighted by atomic mass is 9.83. The molecule has 23 heavy (non-hydrogen) atoms. The van der Waals surface area contributed by atoms with Crippen molar-refractivity contribution in [1.29, 1.82) is 0 Å². The lowest BCUT2D eigenvalue weighted by Gasteiger charge is -2.45. The van der Waals surface area contributed by atoms with E-state index in [0.29, 0.717) is 25.3 Å². The molecular weight excluding hydrogens is 294 g/mol. The summed E-state index contributed by atoms with van der Waals surface area (Å²) in [7, 11) is 0. The quantitative estimate of drug-likeness (QED) is 0.911. The average molecular weight is 317 g/mol. The zero-order chi connectivity index (χ0) is 16.4. The van der Waals surface area contributed by atoms with E-state index in [-0.39, 0.29) is 17.1 Å². The molecule has 2 aliphatic rings. The zero-order valence-corrected chi connectivity index (χ0v) is 13.5. The molecule has 1 saturated carbocycles. The Labute approximate surface area is 136 Å². The van der Waals surface area contributed by atoms with Gasteiger partial charge in [0.05, 0.1) is 24.3 Å². The summed E-state index contributed by atoms with van der Waals surface area (Å²) < 4.78 is 6.02. The van der Waals surface area contributed by atoms with Gasteiger partial charge in [0.25, 0.3) is 5.91 Å². The summed E-state index contributed by atoms with van der Waals surface area (Å²) in [5.74, 6) is -1.10. The van der Waals surface area contributed by atoms with Crippen LogP contribution in [0.4, 0.5) is 0 Å². The van der Waals surface area contributed by atoms with Crippen LogP contribution in [-0.2, 0) is 4.74 Å². The van der Waals surface area contributed by atoms with Gasteiger partial charge in [0.15, 0.2) is 0 Å². The topological polar surface area (TPSA) is 66.8 Å². The summed E-state index contributed by atoms with van der Waals surface area (Å²) in [6, 6.07) is 4.82. The highest BCUT2D eigenvalue weighted by molar-refractivity contribution is 5.98. The van der Waals surface area contributed by atoms with E-state index in [1.807, 2.05) is 11.8 Å². The highest BCUT2D eigenvalue weighted by Gasteiger charge is 2.39. The number of morpholine rings is 1. The van der Waals surface area contributed by atoms with Gasteiger partial charge in [-0.2, -0.15) is 0 Å². The number of amides is 1. The van der Waals surface area contributed by atoms with Gasteiger partial charge in [0.2, 0.25) is 0 Å². The minimum Gasteiger partial charge on any atom is -0.478 e. The fourth-order valence-electron chi connectivity index (χ4n) is 3.73. The molecule has 1 aliphatic carbocycles. The van der Waals surface area contributed by atoms with E-state index in [4.69, 9.17) is 4.74 Å². The second kappa shape index (κ2) is 6.32. The summed E-state index contributed by atoms with van der Waals surface area (Å²) in [6.07, 6.45) is 5.54. The van der Waals surface area contributed by atoms with Gasteiger partial charge < -0.3 is 14.7 Å². The van der Waals surface area contributed by atoms with E-state index in [1.165, 1.54) is 12.5 Å². The lowest BCUT2D eigenvalue weighted by molar-refractivity contribution is -0.117. The highest BCUT2D eigenvalue weighted by Crippen LogP contribution is 2.34. The number of aryl methyl sites for hydroxylation is 1. The minimum absolute atomic E-state index is 0.0931. The molecule has 5 heteroatoms. The molecule has 0 atom stereocenters. The Bertz CT molecular complexity index is 614. The molecule has 1 amide bonds. The molecule has 0 radical (unpaired) electrons. The van der Waals surface area contributed by atoms with Crippen molar-refractivity contribution in [2.75, 3.05) is 19.7 Å². The molecule has 5 nitrogen and oxygen atoms in total. The van der Waals surface area contributed by atoms with Crippen LogP contribution < -0.4 is 0 Å². The first kappa shape index (κ1) is 16.0. The predicted octanol–water partition coefficient (Wildman–Crippen LogP) is 2.87. The van der Waals surface area contributed by atoms with Gasteiger partial charge in [-0.3, -0.25) is 4.79 Å². The Balaban J connectivity index is 1.81. The summed E-state index contributed by atoms with van der Waals surface area (Å²) >= 11 is 0. The van der Waals surface area contributed by atoms with Crippen LogP contribution in [0.1, 0.15) is 58.4 Å².